The first-order chi connectivity index (χ1) is 9.33. The summed E-state index contributed by atoms with van der Waals surface area (Å²) in [6, 6.07) is 0.443. The molecule has 1 fully saturated rings. The van der Waals surface area contributed by atoms with Crippen LogP contribution in [0.1, 0.15) is 57.2 Å². The molecule has 0 saturated carbocycles. The fourth-order valence-electron chi connectivity index (χ4n) is 2.44. The van der Waals surface area contributed by atoms with Crippen LogP contribution in [-0.2, 0) is 11.2 Å². The third-order valence-electron chi connectivity index (χ3n) is 3.52. The minimum absolute atomic E-state index is 0.325. The van der Waals surface area contributed by atoms with Gasteiger partial charge in [0.1, 0.15) is 0 Å². The fraction of sp³-hybridized carbons (Fsp3) is 0.857. The van der Waals surface area contributed by atoms with Crippen molar-refractivity contribution < 1.29 is 9.26 Å². The van der Waals surface area contributed by atoms with Crippen molar-refractivity contribution in [1.29, 1.82) is 0 Å². The lowest BCUT2D eigenvalue weighted by Crippen LogP contribution is -2.31. The van der Waals surface area contributed by atoms with Crippen molar-refractivity contribution in [3.63, 3.8) is 0 Å². The minimum atomic E-state index is 0.325. The molecule has 0 amide bonds. The third-order valence-corrected chi connectivity index (χ3v) is 3.52. The van der Waals surface area contributed by atoms with Gasteiger partial charge < -0.3 is 14.6 Å². The molecule has 1 saturated heterocycles. The second-order valence-electron chi connectivity index (χ2n) is 5.25. The number of nitrogens with zero attached hydrogens (tertiary/aromatic N) is 2. The Morgan fingerprint density at radius 1 is 1.37 bits per heavy atom. The molecule has 1 aliphatic rings. The van der Waals surface area contributed by atoms with E-state index in [0.717, 1.165) is 57.2 Å². The van der Waals surface area contributed by atoms with E-state index >= 15 is 0 Å². The van der Waals surface area contributed by atoms with E-state index in [1.165, 1.54) is 6.42 Å². The van der Waals surface area contributed by atoms with Gasteiger partial charge in [-0.25, -0.2) is 0 Å². The van der Waals surface area contributed by atoms with Crippen LogP contribution in [0.3, 0.4) is 0 Å². The average Bonchev–Trinajstić information content (AvgIpc) is 3.06. The summed E-state index contributed by atoms with van der Waals surface area (Å²) in [6.45, 7) is 6.97. The molecule has 1 aromatic heterocycles. The van der Waals surface area contributed by atoms with E-state index in [0.29, 0.717) is 12.0 Å². The predicted octanol–water partition coefficient (Wildman–Crippen LogP) is 2.28. The Hall–Kier alpha value is -0.940. The molecule has 0 radical (unpaired) electrons. The molecular formula is C14H25N3O2. The number of aromatic nitrogens is 2. The third kappa shape index (κ3) is 4.28. The summed E-state index contributed by atoms with van der Waals surface area (Å²) in [5, 5.41) is 7.64. The molecule has 2 unspecified atom stereocenters. The molecule has 2 atom stereocenters. The second-order valence-corrected chi connectivity index (χ2v) is 5.25. The summed E-state index contributed by atoms with van der Waals surface area (Å²) < 4.78 is 10.7. The zero-order valence-electron chi connectivity index (χ0n) is 12.0. The van der Waals surface area contributed by atoms with E-state index in [1.54, 1.807) is 0 Å². The van der Waals surface area contributed by atoms with Crippen LogP contribution in [0.15, 0.2) is 4.52 Å². The van der Waals surface area contributed by atoms with Gasteiger partial charge in [0.15, 0.2) is 5.82 Å². The van der Waals surface area contributed by atoms with E-state index in [-0.39, 0.29) is 0 Å². The van der Waals surface area contributed by atoms with Gasteiger partial charge in [0.05, 0.1) is 6.61 Å². The molecule has 0 spiro atoms. The number of hydrogen-bond donors (Lipinski definition) is 1. The lowest BCUT2D eigenvalue weighted by molar-refractivity contribution is 0.192. The molecule has 1 N–H and O–H groups in total. The zero-order chi connectivity index (χ0) is 13.5. The van der Waals surface area contributed by atoms with Crippen LogP contribution in [-0.4, -0.2) is 35.9 Å². The molecule has 1 aliphatic heterocycles. The fourth-order valence-corrected chi connectivity index (χ4v) is 2.44. The number of rotatable bonds is 8. The first-order valence-electron chi connectivity index (χ1n) is 7.47. The molecule has 1 aromatic rings. The maximum atomic E-state index is 5.38. The molecule has 0 aromatic carbocycles. The van der Waals surface area contributed by atoms with Crippen molar-refractivity contribution in [3.8, 4) is 0 Å². The minimum Gasteiger partial charge on any atom is -0.381 e. The largest absolute Gasteiger partial charge is 0.381 e. The summed E-state index contributed by atoms with van der Waals surface area (Å²) in [7, 11) is 0. The molecule has 19 heavy (non-hydrogen) atoms. The Balaban J connectivity index is 1.89. The van der Waals surface area contributed by atoms with Crippen LogP contribution in [0, 0.1) is 0 Å². The highest BCUT2D eigenvalue weighted by molar-refractivity contribution is 4.98. The lowest BCUT2D eigenvalue weighted by atomic mass is 10.1. The lowest BCUT2D eigenvalue weighted by Gasteiger charge is -2.15. The van der Waals surface area contributed by atoms with Gasteiger partial charge in [-0.05, 0) is 25.8 Å². The summed E-state index contributed by atoms with van der Waals surface area (Å²) in [4.78, 5) is 4.52. The highest BCUT2D eigenvalue weighted by atomic mass is 16.5. The van der Waals surface area contributed by atoms with Gasteiger partial charge in [-0.1, -0.05) is 25.4 Å². The van der Waals surface area contributed by atoms with Crippen molar-refractivity contribution >= 4 is 0 Å². The van der Waals surface area contributed by atoms with Crippen LogP contribution in [0.25, 0.3) is 0 Å². The maximum absolute atomic E-state index is 5.38. The molecule has 108 valence electrons. The summed E-state index contributed by atoms with van der Waals surface area (Å²) in [5.41, 5.74) is 0. The molecule has 0 aliphatic carbocycles. The van der Waals surface area contributed by atoms with E-state index in [1.807, 2.05) is 0 Å². The van der Waals surface area contributed by atoms with Crippen molar-refractivity contribution in [2.75, 3.05) is 19.8 Å². The Kier molecular flexibility index (Phi) is 5.79. The van der Waals surface area contributed by atoms with Crippen molar-refractivity contribution in [2.24, 2.45) is 0 Å². The molecule has 5 nitrogen and oxygen atoms in total. The standard InChI is InChI=1S/C14H25N3O2/c1-3-5-12(15-7-4-2)9-13-16-14(17-19-13)11-6-8-18-10-11/h11-12,15H,3-10H2,1-2H3. The van der Waals surface area contributed by atoms with Gasteiger partial charge in [-0.3, -0.25) is 0 Å². The predicted molar refractivity (Wildman–Crippen MR) is 73.2 cm³/mol. The maximum Gasteiger partial charge on any atom is 0.228 e. The Morgan fingerprint density at radius 2 is 2.26 bits per heavy atom. The summed E-state index contributed by atoms with van der Waals surface area (Å²) >= 11 is 0. The number of hydrogen-bond acceptors (Lipinski definition) is 5. The van der Waals surface area contributed by atoms with Crippen molar-refractivity contribution in [3.05, 3.63) is 11.7 Å². The first kappa shape index (κ1) is 14.5. The highest BCUT2D eigenvalue weighted by Gasteiger charge is 2.23. The molecule has 2 rings (SSSR count). The topological polar surface area (TPSA) is 60.2 Å². The summed E-state index contributed by atoms with van der Waals surface area (Å²) in [6.07, 6.45) is 5.29. The zero-order valence-corrected chi connectivity index (χ0v) is 12.0. The van der Waals surface area contributed by atoms with E-state index in [9.17, 15) is 0 Å². The van der Waals surface area contributed by atoms with Crippen molar-refractivity contribution in [2.45, 2.75) is 57.9 Å². The van der Waals surface area contributed by atoms with E-state index in [2.05, 4.69) is 29.3 Å². The average molecular weight is 267 g/mol. The van der Waals surface area contributed by atoms with Gasteiger partial charge in [0.2, 0.25) is 5.89 Å². The van der Waals surface area contributed by atoms with Crippen LogP contribution in [0.5, 0.6) is 0 Å². The van der Waals surface area contributed by atoms with Gasteiger partial charge in [-0.2, -0.15) is 4.98 Å². The monoisotopic (exact) mass is 267 g/mol. The Morgan fingerprint density at radius 3 is 2.95 bits per heavy atom. The van der Waals surface area contributed by atoms with Gasteiger partial charge in [0, 0.05) is 25.0 Å². The molecule has 5 heteroatoms. The first-order valence-corrected chi connectivity index (χ1v) is 7.47. The van der Waals surface area contributed by atoms with Crippen molar-refractivity contribution in [1.82, 2.24) is 15.5 Å². The van der Waals surface area contributed by atoms with Crippen LogP contribution < -0.4 is 5.32 Å². The number of ether oxygens (including phenoxy) is 1. The van der Waals surface area contributed by atoms with Gasteiger partial charge in [0.25, 0.3) is 0 Å². The number of nitrogens with one attached hydrogen (secondary N) is 1. The normalized spacial score (nSPS) is 20.8. The Labute approximate surface area is 115 Å². The molecular weight excluding hydrogens is 242 g/mol. The second kappa shape index (κ2) is 7.60. The van der Waals surface area contributed by atoms with E-state index in [4.69, 9.17) is 9.26 Å². The smallest absolute Gasteiger partial charge is 0.228 e. The Bertz CT molecular complexity index is 361. The quantitative estimate of drug-likeness (QED) is 0.783. The van der Waals surface area contributed by atoms with Crippen LogP contribution in [0.2, 0.25) is 0 Å². The summed E-state index contributed by atoms with van der Waals surface area (Å²) in [5.74, 6) is 1.90. The van der Waals surface area contributed by atoms with E-state index < -0.39 is 0 Å². The highest BCUT2D eigenvalue weighted by Crippen LogP contribution is 2.22. The van der Waals surface area contributed by atoms with Crippen LogP contribution >= 0.6 is 0 Å². The molecule has 2 heterocycles. The van der Waals surface area contributed by atoms with Crippen LogP contribution in [0.4, 0.5) is 0 Å². The van der Waals surface area contributed by atoms with Gasteiger partial charge >= 0.3 is 0 Å². The SMILES string of the molecule is CCCNC(CCC)Cc1nc(C2CCOC2)no1. The van der Waals surface area contributed by atoms with Gasteiger partial charge in [-0.15, -0.1) is 0 Å². The molecule has 0 bridgehead atoms.